The number of aromatic amines is 1. The van der Waals surface area contributed by atoms with Crippen LogP contribution in [-0.4, -0.2) is 41.3 Å². The first-order valence-electron chi connectivity index (χ1n) is 9.66. The zero-order chi connectivity index (χ0) is 19.9. The van der Waals surface area contributed by atoms with Crippen molar-refractivity contribution < 1.29 is 9.59 Å². The number of hydrogen-bond acceptors (Lipinski definition) is 2. The number of carbonyl (C=O) groups is 2. The van der Waals surface area contributed by atoms with E-state index in [9.17, 15) is 9.59 Å². The maximum absolute atomic E-state index is 12.2. The van der Waals surface area contributed by atoms with Crippen LogP contribution in [0.25, 0.3) is 10.9 Å². The summed E-state index contributed by atoms with van der Waals surface area (Å²) in [5.41, 5.74) is 4.45. The van der Waals surface area contributed by atoms with Gasteiger partial charge in [-0.1, -0.05) is 42.5 Å². The molecule has 0 aliphatic rings. The molecule has 1 heterocycles. The van der Waals surface area contributed by atoms with Gasteiger partial charge >= 0.3 is 0 Å². The van der Waals surface area contributed by atoms with Crippen molar-refractivity contribution in [3.63, 3.8) is 0 Å². The summed E-state index contributed by atoms with van der Waals surface area (Å²) in [5, 5.41) is 4.12. The van der Waals surface area contributed by atoms with Crippen LogP contribution in [0.3, 0.4) is 0 Å². The lowest BCUT2D eigenvalue weighted by Crippen LogP contribution is -2.39. The van der Waals surface area contributed by atoms with Crippen LogP contribution in [0.2, 0.25) is 0 Å². The van der Waals surface area contributed by atoms with E-state index >= 15 is 0 Å². The first-order chi connectivity index (χ1) is 13.5. The number of aryl methyl sites for hydroxylation is 1. The van der Waals surface area contributed by atoms with E-state index in [1.54, 1.807) is 11.8 Å². The van der Waals surface area contributed by atoms with E-state index in [0.29, 0.717) is 26.1 Å². The normalized spacial score (nSPS) is 10.8. The summed E-state index contributed by atoms with van der Waals surface area (Å²) in [7, 11) is 0. The van der Waals surface area contributed by atoms with Crippen LogP contribution in [0, 0.1) is 6.92 Å². The van der Waals surface area contributed by atoms with E-state index in [1.807, 2.05) is 55.6 Å². The van der Waals surface area contributed by atoms with E-state index in [0.717, 1.165) is 23.1 Å². The zero-order valence-electron chi connectivity index (χ0n) is 16.5. The lowest BCUT2D eigenvalue weighted by atomic mass is 10.1. The Balaban J connectivity index is 1.49. The Labute approximate surface area is 165 Å². The lowest BCUT2D eigenvalue weighted by Gasteiger charge is -2.21. The minimum Gasteiger partial charge on any atom is -0.361 e. The van der Waals surface area contributed by atoms with Gasteiger partial charge in [0, 0.05) is 43.7 Å². The number of amides is 2. The van der Waals surface area contributed by atoms with E-state index in [-0.39, 0.29) is 11.8 Å². The summed E-state index contributed by atoms with van der Waals surface area (Å²) in [6.07, 6.45) is 3.15. The largest absolute Gasteiger partial charge is 0.361 e. The molecule has 0 aliphatic heterocycles. The number of rotatable bonds is 8. The molecule has 3 rings (SSSR count). The van der Waals surface area contributed by atoms with Gasteiger partial charge in [-0.2, -0.15) is 0 Å². The second-order valence-corrected chi connectivity index (χ2v) is 7.07. The molecule has 0 saturated heterocycles. The summed E-state index contributed by atoms with van der Waals surface area (Å²) in [4.78, 5) is 29.2. The summed E-state index contributed by atoms with van der Waals surface area (Å²) < 4.78 is 0. The Bertz CT molecular complexity index is 961. The molecular weight excluding hydrogens is 350 g/mol. The maximum Gasteiger partial charge on any atom is 0.224 e. The van der Waals surface area contributed by atoms with Gasteiger partial charge in [-0.3, -0.25) is 9.59 Å². The number of hydrogen-bond donors (Lipinski definition) is 2. The molecule has 0 aliphatic carbocycles. The maximum atomic E-state index is 12.2. The third-order valence-corrected chi connectivity index (χ3v) is 5.09. The summed E-state index contributed by atoms with van der Waals surface area (Å²) in [6, 6.07) is 16.0. The van der Waals surface area contributed by atoms with Crippen LogP contribution >= 0.6 is 0 Å². The summed E-state index contributed by atoms with van der Waals surface area (Å²) in [5.74, 6) is 0.00225. The molecule has 5 heteroatoms. The molecule has 0 radical (unpaired) electrons. The van der Waals surface area contributed by atoms with Crippen molar-refractivity contribution in [1.29, 1.82) is 0 Å². The highest BCUT2D eigenvalue weighted by atomic mass is 16.2. The van der Waals surface area contributed by atoms with Gasteiger partial charge < -0.3 is 15.2 Å². The Hall–Kier alpha value is -3.08. The number of aromatic nitrogens is 1. The highest BCUT2D eigenvalue weighted by Crippen LogP contribution is 2.18. The van der Waals surface area contributed by atoms with Crippen LogP contribution < -0.4 is 5.32 Å². The van der Waals surface area contributed by atoms with Crippen LogP contribution in [-0.2, 0) is 22.4 Å². The SMILES string of the molecule is CC(=O)N(CCNC(=O)Cc1ccccc1C)CCc1c[nH]c2ccccc12. The first kappa shape index (κ1) is 19.7. The third-order valence-electron chi connectivity index (χ3n) is 5.09. The standard InChI is InChI=1S/C23H27N3O2/c1-17-7-3-4-8-19(17)15-23(28)24-12-14-26(18(2)27)13-11-20-16-25-22-10-6-5-9-21(20)22/h3-10,16,25H,11-15H2,1-2H3,(H,24,28). The van der Waals surface area contributed by atoms with Crippen molar-refractivity contribution in [2.75, 3.05) is 19.6 Å². The van der Waals surface area contributed by atoms with Crippen molar-refractivity contribution in [3.05, 3.63) is 71.4 Å². The van der Waals surface area contributed by atoms with Crippen molar-refractivity contribution >= 4 is 22.7 Å². The van der Waals surface area contributed by atoms with E-state index < -0.39 is 0 Å². The second-order valence-electron chi connectivity index (χ2n) is 7.07. The summed E-state index contributed by atoms with van der Waals surface area (Å²) >= 11 is 0. The smallest absolute Gasteiger partial charge is 0.224 e. The fourth-order valence-corrected chi connectivity index (χ4v) is 3.39. The van der Waals surface area contributed by atoms with Crippen molar-refractivity contribution in [2.45, 2.75) is 26.7 Å². The number of para-hydroxylation sites is 1. The Kier molecular flexibility index (Phi) is 6.48. The molecule has 0 atom stereocenters. The van der Waals surface area contributed by atoms with E-state index in [1.165, 1.54) is 10.9 Å². The fourth-order valence-electron chi connectivity index (χ4n) is 3.39. The van der Waals surface area contributed by atoms with Gasteiger partial charge in [0.25, 0.3) is 0 Å². The highest BCUT2D eigenvalue weighted by molar-refractivity contribution is 5.83. The highest BCUT2D eigenvalue weighted by Gasteiger charge is 2.12. The van der Waals surface area contributed by atoms with Gasteiger partial charge in [0.15, 0.2) is 0 Å². The van der Waals surface area contributed by atoms with Gasteiger partial charge in [0.05, 0.1) is 6.42 Å². The average molecular weight is 377 g/mol. The Morgan fingerprint density at radius 1 is 1.00 bits per heavy atom. The number of benzene rings is 2. The van der Waals surface area contributed by atoms with E-state index in [2.05, 4.69) is 16.4 Å². The monoisotopic (exact) mass is 377 g/mol. The molecule has 2 amide bonds. The number of nitrogens with one attached hydrogen (secondary N) is 2. The van der Waals surface area contributed by atoms with Crippen LogP contribution in [0.5, 0.6) is 0 Å². The third kappa shape index (κ3) is 5.00. The van der Waals surface area contributed by atoms with Crippen molar-refractivity contribution in [1.82, 2.24) is 15.2 Å². The minimum absolute atomic E-state index is 0.0190. The molecule has 1 aromatic heterocycles. The van der Waals surface area contributed by atoms with Gasteiger partial charge in [0.2, 0.25) is 11.8 Å². The van der Waals surface area contributed by atoms with Gasteiger partial charge in [-0.25, -0.2) is 0 Å². The predicted molar refractivity (Wildman–Crippen MR) is 112 cm³/mol. The average Bonchev–Trinajstić information content (AvgIpc) is 3.09. The van der Waals surface area contributed by atoms with Crippen LogP contribution in [0.15, 0.2) is 54.7 Å². The molecule has 0 unspecified atom stereocenters. The molecule has 28 heavy (non-hydrogen) atoms. The zero-order valence-corrected chi connectivity index (χ0v) is 16.5. The van der Waals surface area contributed by atoms with Gasteiger partial charge in [-0.15, -0.1) is 0 Å². The molecule has 5 nitrogen and oxygen atoms in total. The molecule has 0 bridgehead atoms. The molecule has 3 aromatic rings. The first-order valence-corrected chi connectivity index (χ1v) is 9.66. The predicted octanol–water partition coefficient (Wildman–Crippen LogP) is 3.23. The molecule has 2 N–H and O–H groups in total. The number of nitrogens with zero attached hydrogens (tertiary/aromatic N) is 1. The molecule has 0 spiro atoms. The Morgan fingerprint density at radius 3 is 2.54 bits per heavy atom. The molecule has 0 fully saturated rings. The fraction of sp³-hybridized carbons (Fsp3) is 0.304. The minimum atomic E-state index is -0.0190. The number of H-pyrrole nitrogens is 1. The van der Waals surface area contributed by atoms with Crippen molar-refractivity contribution in [3.8, 4) is 0 Å². The summed E-state index contributed by atoms with van der Waals surface area (Å²) in [6.45, 7) is 5.18. The van der Waals surface area contributed by atoms with E-state index in [4.69, 9.17) is 0 Å². The van der Waals surface area contributed by atoms with Crippen LogP contribution in [0.1, 0.15) is 23.6 Å². The van der Waals surface area contributed by atoms with Crippen LogP contribution in [0.4, 0.5) is 0 Å². The molecule has 0 saturated carbocycles. The molecule has 2 aromatic carbocycles. The Morgan fingerprint density at radius 2 is 1.75 bits per heavy atom. The van der Waals surface area contributed by atoms with Gasteiger partial charge in [0.1, 0.15) is 0 Å². The van der Waals surface area contributed by atoms with Gasteiger partial charge in [-0.05, 0) is 36.1 Å². The number of fused-ring (bicyclic) bond motifs is 1. The van der Waals surface area contributed by atoms with Crippen molar-refractivity contribution in [2.24, 2.45) is 0 Å². The topological polar surface area (TPSA) is 65.2 Å². The lowest BCUT2D eigenvalue weighted by molar-refractivity contribution is -0.129. The second kappa shape index (κ2) is 9.22. The molecule has 146 valence electrons. The quantitative estimate of drug-likeness (QED) is 0.633. The molecular formula is C23H27N3O2. The number of carbonyl (C=O) groups excluding carboxylic acids is 2.